The van der Waals surface area contributed by atoms with Crippen LogP contribution in [0.2, 0.25) is 0 Å². The molecular weight excluding hydrogens is 582 g/mol. The van der Waals surface area contributed by atoms with Crippen LogP contribution in [0.15, 0.2) is 12.7 Å². The minimum atomic E-state index is -1.56. The van der Waals surface area contributed by atoms with Crippen molar-refractivity contribution in [2.24, 2.45) is 17.2 Å². The molecular formula is C25H47N3O15. The lowest BCUT2D eigenvalue weighted by molar-refractivity contribution is -0.348. The molecule has 3 aliphatic rings. The second-order valence-corrected chi connectivity index (χ2v) is 10.3. The summed E-state index contributed by atoms with van der Waals surface area (Å²) in [6.07, 6.45) is -13.6. The van der Waals surface area contributed by atoms with E-state index in [4.69, 9.17) is 40.9 Å². The third kappa shape index (κ3) is 9.53. The van der Waals surface area contributed by atoms with Crippen molar-refractivity contribution >= 4 is 5.97 Å². The molecule has 18 heteroatoms. The summed E-state index contributed by atoms with van der Waals surface area (Å²) in [7, 11) is 0. The van der Waals surface area contributed by atoms with Gasteiger partial charge in [0, 0.05) is 6.08 Å². The molecule has 3 aliphatic heterocycles. The van der Waals surface area contributed by atoms with Gasteiger partial charge in [-0.15, -0.1) is 0 Å². The molecule has 3 rings (SSSR count). The van der Waals surface area contributed by atoms with Crippen LogP contribution < -0.4 is 17.2 Å². The van der Waals surface area contributed by atoms with Crippen LogP contribution in [-0.4, -0.2) is 165 Å². The molecule has 0 saturated carbocycles. The second kappa shape index (κ2) is 17.9. The van der Waals surface area contributed by atoms with E-state index in [0.717, 1.165) is 12.8 Å². The van der Waals surface area contributed by atoms with E-state index in [0.29, 0.717) is 6.61 Å². The number of aliphatic hydroxyl groups is 8. The lowest BCUT2D eigenvalue weighted by Gasteiger charge is -2.48. The van der Waals surface area contributed by atoms with E-state index in [9.17, 15) is 45.6 Å². The molecule has 0 aliphatic carbocycles. The normalized spacial score (nSPS) is 43.3. The van der Waals surface area contributed by atoms with Crippen LogP contribution in [0.3, 0.4) is 0 Å². The highest BCUT2D eigenvalue weighted by molar-refractivity contribution is 5.81. The number of esters is 1. The maximum Gasteiger partial charge on any atom is 0.330 e. The van der Waals surface area contributed by atoms with Gasteiger partial charge in [0.1, 0.15) is 54.9 Å². The summed E-state index contributed by atoms with van der Waals surface area (Å²) in [4.78, 5) is 10.3. The molecule has 15 atom stereocenters. The van der Waals surface area contributed by atoms with Gasteiger partial charge in [-0.25, -0.2) is 4.79 Å². The Bertz CT molecular complexity index is 840. The molecule has 0 aromatic rings. The highest BCUT2D eigenvalue weighted by Crippen LogP contribution is 2.31. The van der Waals surface area contributed by atoms with Crippen LogP contribution >= 0.6 is 0 Å². The van der Waals surface area contributed by atoms with Gasteiger partial charge in [-0.05, 0) is 6.42 Å². The zero-order valence-corrected chi connectivity index (χ0v) is 23.9. The van der Waals surface area contributed by atoms with Gasteiger partial charge in [0.2, 0.25) is 0 Å². The summed E-state index contributed by atoms with van der Waals surface area (Å²) in [6.45, 7) is 3.82. The maximum absolute atomic E-state index is 10.8. The van der Waals surface area contributed by atoms with Crippen molar-refractivity contribution in [1.82, 2.24) is 0 Å². The number of rotatable bonds is 11. The number of ether oxygens (including phenoxy) is 6. The van der Waals surface area contributed by atoms with Crippen LogP contribution in [0.4, 0.5) is 0 Å². The van der Waals surface area contributed by atoms with Crippen LogP contribution in [0.25, 0.3) is 0 Å². The van der Waals surface area contributed by atoms with Gasteiger partial charge >= 0.3 is 5.97 Å². The van der Waals surface area contributed by atoms with Crippen molar-refractivity contribution in [3.63, 3.8) is 0 Å². The van der Waals surface area contributed by atoms with Crippen LogP contribution in [0.5, 0.6) is 0 Å². The van der Waals surface area contributed by atoms with Crippen LogP contribution in [0, 0.1) is 0 Å². The fourth-order valence-corrected chi connectivity index (χ4v) is 4.56. The summed E-state index contributed by atoms with van der Waals surface area (Å²) in [5.74, 6) is -0.330. The molecule has 0 bridgehead atoms. The van der Waals surface area contributed by atoms with E-state index in [2.05, 4.69) is 11.3 Å². The Kier molecular flexibility index (Phi) is 15.7. The minimum Gasteiger partial charge on any atom is -0.463 e. The maximum atomic E-state index is 10.8. The average Bonchev–Trinajstić information content (AvgIpc) is 3.00. The molecule has 18 nitrogen and oxygen atoms in total. The summed E-state index contributed by atoms with van der Waals surface area (Å²) >= 11 is 0. The Morgan fingerprint density at radius 3 is 1.70 bits per heavy atom. The SMILES string of the molecule is C=CC(=O)OCCCC.N[C@H]1[C@H](OC2[C@@H](CO)O[C@@H](OC3[C@@H](CO)O[C@@H](O)[C@H](N)[C@H]3O)[C@H](N)[C@H]2O)O[C@H](CO)[C@@H](O)[C@@H]1O. The summed E-state index contributed by atoms with van der Waals surface area (Å²) in [5, 5.41) is 79.6. The molecule has 3 heterocycles. The van der Waals surface area contributed by atoms with Crippen LogP contribution in [-0.2, 0) is 33.2 Å². The standard InChI is InChI=1S/C18H35N3O13.C7H12O2/c19-7-12(27)14(5(2-23)30-16(7)29)33-18-9(21)13(28)15(6(3-24)32-18)34-17-8(20)11(26)10(25)4(1-22)31-17;1-3-5-6-9-7(8)4-2/h4-18,22-29H,1-3,19-21H2;4H,2-3,5-6H2,1H3/t4-,5-,6-,7-,8-,9-,10-,11-,12-,13-,14?,15?,16-,17+,18+;/m1./s1. The van der Waals surface area contributed by atoms with E-state index < -0.39 is 112 Å². The van der Waals surface area contributed by atoms with Gasteiger partial charge in [0.25, 0.3) is 0 Å². The van der Waals surface area contributed by atoms with E-state index >= 15 is 0 Å². The molecule has 43 heavy (non-hydrogen) atoms. The predicted octanol–water partition coefficient (Wildman–Crippen LogP) is -6.16. The van der Waals surface area contributed by atoms with E-state index in [1.165, 1.54) is 6.08 Å². The molecule has 0 spiro atoms. The molecule has 0 radical (unpaired) electrons. The number of unbranched alkanes of at least 4 members (excludes halogenated alkanes) is 1. The Morgan fingerprint density at radius 2 is 1.21 bits per heavy atom. The Morgan fingerprint density at radius 1 is 0.744 bits per heavy atom. The lowest BCUT2D eigenvalue weighted by Crippen LogP contribution is -2.69. The van der Waals surface area contributed by atoms with Crippen molar-refractivity contribution < 1.29 is 74.1 Å². The third-order valence-electron chi connectivity index (χ3n) is 7.24. The van der Waals surface area contributed by atoms with Gasteiger partial charge in [0.15, 0.2) is 18.9 Å². The first kappa shape index (κ1) is 37.8. The van der Waals surface area contributed by atoms with Crippen molar-refractivity contribution in [2.75, 3.05) is 26.4 Å². The van der Waals surface area contributed by atoms with E-state index in [-0.39, 0.29) is 5.97 Å². The number of hydrogen-bond acceptors (Lipinski definition) is 18. The van der Waals surface area contributed by atoms with Crippen molar-refractivity contribution in [3.05, 3.63) is 12.7 Å². The Labute approximate surface area is 248 Å². The second-order valence-electron chi connectivity index (χ2n) is 10.3. The fraction of sp³-hybridized carbons (Fsp3) is 0.880. The Balaban J connectivity index is 0.000000621. The molecule has 252 valence electrons. The molecule has 0 amide bonds. The number of nitrogens with two attached hydrogens (primary N) is 3. The van der Waals surface area contributed by atoms with Gasteiger partial charge in [0.05, 0.1) is 44.6 Å². The number of hydrogen-bond donors (Lipinski definition) is 11. The largest absolute Gasteiger partial charge is 0.463 e. The molecule has 14 N–H and O–H groups in total. The van der Waals surface area contributed by atoms with Gasteiger partial charge in [-0.3, -0.25) is 0 Å². The number of carbonyl (C=O) groups excluding carboxylic acids is 1. The van der Waals surface area contributed by atoms with Crippen molar-refractivity contribution in [2.45, 2.75) is 112 Å². The highest BCUT2D eigenvalue weighted by atomic mass is 16.7. The van der Waals surface area contributed by atoms with Crippen molar-refractivity contribution in [3.8, 4) is 0 Å². The topological polar surface area (TPSA) is 312 Å². The van der Waals surface area contributed by atoms with E-state index in [1.807, 2.05) is 6.92 Å². The highest BCUT2D eigenvalue weighted by Gasteiger charge is 2.52. The molecule has 0 aromatic carbocycles. The number of aliphatic hydroxyl groups excluding tert-OH is 8. The quantitative estimate of drug-likeness (QED) is 0.0575. The first-order chi connectivity index (χ1) is 20.4. The van der Waals surface area contributed by atoms with E-state index in [1.54, 1.807) is 0 Å². The smallest absolute Gasteiger partial charge is 0.330 e. The lowest BCUT2D eigenvalue weighted by atomic mass is 9.94. The molecule has 2 unspecified atom stereocenters. The first-order valence-electron chi connectivity index (χ1n) is 13.9. The molecule has 3 fully saturated rings. The summed E-state index contributed by atoms with van der Waals surface area (Å²) in [6, 6.07) is -3.87. The van der Waals surface area contributed by atoms with Crippen molar-refractivity contribution in [1.29, 1.82) is 0 Å². The summed E-state index contributed by atoms with van der Waals surface area (Å²) in [5.41, 5.74) is 17.6. The van der Waals surface area contributed by atoms with Gasteiger partial charge in [-0.1, -0.05) is 19.9 Å². The Hall–Kier alpha value is -1.43. The molecule has 3 saturated heterocycles. The predicted molar refractivity (Wildman–Crippen MR) is 143 cm³/mol. The monoisotopic (exact) mass is 629 g/mol. The fourth-order valence-electron chi connectivity index (χ4n) is 4.56. The summed E-state index contributed by atoms with van der Waals surface area (Å²) < 4.78 is 32.1. The van der Waals surface area contributed by atoms with Gasteiger partial charge < -0.3 is 86.5 Å². The van der Waals surface area contributed by atoms with Crippen LogP contribution in [0.1, 0.15) is 19.8 Å². The van der Waals surface area contributed by atoms with Gasteiger partial charge in [-0.2, -0.15) is 0 Å². The minimum absolute atomic E-state index is 0.330. The average molecular weight is 630 g/mol. The zero-order valence-electron chi connectivity index (χ0n) is 23.9. The third-order valence-corrected chi connectivity index (χ3v) is 7.24. The number of carbonyl (C=O) groups is 1. The molecule has 0 aromatic heterocycles. The first-order valence-corrected chi connectivity index (χ1v) is 13.9. The zero-order chi connectivity index (χ0) is 32.4.